The maximum Gasteiger partial charge on any atom is 0.258 e. The second kappa shape index (κ2) is 8.74. The number of H-pyrrole nitrogens is 1. The van der Waals surface area contributed by atoms with Crippen molar-refractivity contribution in [2.24, 2.45) is 5.73 Å². The third-order valence-electron chi connectivity index (χ3n) is 6.31. The largest absolute Gasteiger partial charge is 0.507 e. The number of carbonyl (C=O) groups excluding carboxylic acids is 2. The van der Waals surface area contributed by atoms with Crippen LogP contribution in [-0.4, -0.2) is 56.6 Å². The Morgan fingerprint density at radius 2 is 2.06 bits per heavy atom. The summed E-state index contributed by atoms with van der Waals surface area (Å²) in [5.74, 6) is 0.532. The topological polar surface area (TPSA) is 125 Å². The molecule has 33 heavy (non-hydrogen) atoms. The molecule has 0 atom stereocenters. The van der Waals surface area contributed by atoms with Gasteiger partial charge >= 0.3 is 0 Å². The van der Waals surface area contributed by atoms with Crippen LogP contribution in [0.25, 0.3) is 10.9 Å². The number of nitrogens with zero attached hydrogens (tertiary/aromatic N) is 3. The average Bonchev–Trinajstić information content (AvgIpc) is 3.52. The minimum atomic E-state index is -0.249. The van der Waals surface area contributed by atoms with Crippen LogP contribution in [0.2, 0.25) is 0 Å². The van der Waals surface area contributed by atoms with Crippen molar-refractivity contribution >= 4 is 22.7 Å². The van der Waals surface area contributed by atoms with Gasteiger partial charge in [0.1, 0.15) is 11.5 Å². The van der Waals surface area contributed by atoms with Crippen LogP contribution in [0.3, 0.4) is 0 Å². The number of phenolic OH excluding ortho intramolecular Hbond substituents is 1. The van der Waals surface area contributed by atoms with Gasteiger partial charge in [0.15, 0.2) is 0 Å². The number of aromatic nitrogens is 2. The van der Waals surface area contributed by atoms with E-state index in [1.54, 1.807) is 15.9 Å². The molecule has 0 aliphatic carbocycles. The Bertz CT molecular complexity index is 1220. The van der Waals surface area contributed by atoms with Crippen molar-refractivity contribution in [2.75, 3.05) is 19.7 Å². The summed E-state index contributed by atoms with van der Waals surface area (Å²) in [7, 11) is 0. The fraction of sp³-hybridized carbons (Fsp3) is 0.375. The van der Waals surface area contributed by atoms with Gasteiger partial charge in [0, 0.05) is 37.5 Å². The number of hydrogen-bond acceptors (Lipinski definition) is 6. The Morgan fingerprint density at radius 1 is 1.21 bits per heavy atom. The molecule has 5 rings (SSSR count). The number of nitrogens with one attached hydrogen (secondary N) is 1. The van der Waals surface area contributed by atoms with Crippen molar-refractivity contribution < 1.29 is 19.4 Å². The lowest BCUT2D eigenvalue weighted by Crippen LogP contribution is -2.25. The van der Waals surface area contributed by atoms with Gasteiger partial charge in [0.05, 0.1) is 29.9 Å². The Labute approximate surface area is 191 Å². The molecule has 0 spiro atoms. The lowest BCUT2D eigenvalue weighted by molar-refractivity contribution is -0.128. The molecule has 1 fully saturated rings. The molecular weight excluding hydrogens is 422 g/mol. The van der Waals surface area contributed by atoms with Gasteiger partial charge in [-0.1, -0.05) is 6.07 Å². The van der Waals surface area contributed by atoms with E-state index in [1.165, 1.54) is 6.07 Å². The first-order chi connectivity index (χ1) is 16.0. The van der Waals surface area contributed by atoms with Gasteiger partial charge < -0.3 is 25.4 Å². The van der Waals surface area contributed by atoms with E-state index in [9.17, 15) is 14.7 Å². The minimum absolute atomic E-state index is 0.0956. The lowest BCUT2D eigenvalue weighted by Gasteiger charge is -2.17. The molecule has 1 aromatic heterocycles. The molecular formula is C24H27N5O4. The molecule has 9 heteroatoms. The summed E-state index contributed by atoms with van der Waals surface area (Å²) in [4.78, 5) is 28.8. The molecule has 0 saturated carbocycles. The molecule has 3 heterocycles. The second-order valence-corrected chi connectivity index (χ2v) is 8.59. The SMILES string of the molecule is NCCCOc1ccc2c(c1)CN(C(=O)c1cc3c(CN4CCCC4=O)n[nH]c3cc1O)C2. The van der Waals surface area contributed by atoms with E-state index in [-0.39, 0.29) is 23.1 Å². The summed E-state index contributed by atoms with van der Waals surface area (Å²) in [6.45, 7) is 3.14. The molecule has 0 radical (unpaired) electrons. The number of phenols is 1. The van der Waals surface area contributed by atoms with Gasteiger partial charge in [-0.2, -0.15) is 5.10 Å². The number of carbonyl (C=O) groups is 2. The van der Waals surface area contributed by atoms with Crippen LogP contribution < -0.4 is 10.5 Å². The highest BCUT2D eigenvalue weighted by Crippen LogP contribution is 2.32. The third kappa shape index (κ3) is 4.11. The summed E-state index contributed by atoms with van der Waals surface area (Å²) in [6, 6.07) is 9.05. The fourth-order valence-corrected chi connectivity index (χ4v) is 4.50. The Balaban J connectivity index is 1.36. The lowest BCUT2D eigenvalue weighted by atomic mass is 10.1. The molecule has 0 unspecified atom stereocenters. The summed E-state index contributed by atoms with van der Waals surface area (Å²) in [5, 5.41) is 18.5. The zero-order chi connectivity index (χ0) is 22.9. The van der Waals surface area contributed by atoms with E-state index < -0.39 is 0 Å². The van der Waals surface area contributed by atoms with E-state index in [0.717, 1.165) is 35.1 Å². The number of hydrogen-bond donors (Lipinski definition) is 3. The maximum atomic E-state index is 13.3. The predicted molar refractivity (Wildman–Crippen MR) is 122 cm³/mol. The highest BCUT2D eigenvalue weighted by Gasteiger charge is 2.28. The van der Waals surface area contributed by atoms with Crippen LogP contribution in [-0.2, 0) is 24.4 Å². The monoisotopic (exact) mass is 449 g/mol. The first-order valence-electron chi connectivity index (χ1n) is 11.2. The maximum absolute atomic E-state index is 13.3. The fourth-order valence-electron chi connectivity index (χ4n) is 4.50. The molecule has 0 bridgehead atoms. The number of aromatic hydroxyl groups is 1. The van der Waals surface area contributed by atoms with E-state index in [2.05, 4.69) is 10.2 Å². The van der Waals surface area contributed by atoms with E-state index in [1.807, 2.05) is 18.2 Å². The van der Waals surface area contributed by atoms with E-state index >= 15 is 0 Å². The molecule has 9 nitrogen and oxygen atoms in total. The number of rotatable bonds is 7. The second-order valence-electron chi connectivity index (χ2n) is 8.59. The number of nitrogens with two attached hydrogens (primary N) is 1. The van der Waals surface area contributed by atoms with Crippen LogP contribution in [0, 0.1) is 0 Å². The predicted octanol–water partition coefficient (Wildman–Crippen LogP) is 2.27. The average molecular weight is 450 g/mol. The van der Waals surface area contributed by atoms with Crippen LogP contribution in [0.15, 0.2) is 30.3 Å². The van der Waals surface area contributed by atoms with Gasteiger partial charge in [-0.3, -0.25) is 14.7 Å². The van der Waals surface area contributed by atoms with Crippen molar-refractivity contribution in [1.29, 1.82) is 0 Å². The summed E-state index contributed by atoms with van der Waals surface area (Å²) >= 11 is 0. The minimum Gasteiger partial charge on any atom is -0.507 e. The Kier molecular flexibility index (Phi) is 5.63. The number of aromatic amines is 1. The number of ether oxygens (including phenoxy) is 1. The Hall–Kier alpha value is -3.59. The number of likely N-dealkylation sites (tertiary alicyclic amines) is 1. The molecule has 1 saturated heterocycles. The summed E-state index contributed by atoms with van der Waals surface area (Å²) in [5.41, 5.74) is 9.17. The number of fused-ring (bicyclic) bond motifs is 2. The molecule has 2 aliphatic rings. The molecule has 2 aliphatic heterocycles. The molecule has 172 valence electrons. The van der Waals surface area contributed by atoms with Crippen molar-refractivity contribution in [3.8, 4) is 11.5 Å². The summed E-state index contributed by atoms with van der Waals surface area (Å²) < 4.78 is 5.72. The number of amides is 2. The summed E-state index contributed by atoms with van der Waals surface area (Å²) in [6.07, 6.45) is 2.19. The number of benzene rings is 2. The van der Waals surface area contributed by atoms with E-state index in [0.29, 0.717) is 57.0 Å². The van der Waals surface area contributed by atoms with Gasteiger partial charge in [-0.25, -0.2) is 0 Å². The van der Waals surface area contributed by atoms with E-state index in [4.69, 9.17) is 10.5 Å². The molecule has 4 N–H and O–H groups in total. The highest BCUT2D eigenvalue weighted by atomic mass is 16.5. The van der Waals surface area contributed by atoms with Crippen LogP contribution in [0.5, 0.6) is 11.5 Å². The standard InChI is InChI=1S/C24H27N5O4/c25-6-2-8-33-17-5-4-15-12-29(13-16(15)9-17)24(32)19-10-18-20(11-22(19)30)26-27-21(18)14-28-7-1-3-23(28)31/h4-5,9-11,30H,1-3,6-8,12-14,25H2,(H,26,27). The van der Waals surface area contributed by atoms with Crippen LogP contribution >= 0.6 is 0 Å². The van der Waals surface area contributed by atoms with Crippen LogP contribution in [0.4, 0.5) is 0 Å². The third-order valence-corrected chi connectivity index (χ3v) is 6.31. The molecule has 2 aromatic carbocycles. The Morgan fingerprint density at radius 3 is 2.85 bits per heavy atom. The molecule has 3 aromatic rings. The van der Waals surface area contributed by atoms with Gasteiger partial charge in [-0.05, 0) is 48.7 Å². The van der Waals surface area contributed by atoms with Crippen molar-refractivity contribution in [1.82, 2.24) is 20.0 Å². The van der Waals surface area contributed by atoms with Crippen molar-refractivity contribution in [2.45, 2.75) is 38.9 Å². The first-order valence-corrected chi connectivity index (χ1v) is 11.2. The van der Waals surface area contributed by atoms with Crippen molar-refractivity contribution in [3.63, 3.8) is 0 Å². The van der Waals surface area contributed by atoms with Gasteiger partial charge in [0.2, 0.25) is 5.91 Å². The zero-order valence-electron chi connectivity index (χ0n) is 18.3. The van der Waals surface area contributed by atoms with Crippen molar-refractivity contribution in [3.05, 3.63) is 52.7 Å². The quantitative estimate of drug-likeness (QED) is 0.475. The zero-order valence-corrected chi connectivity index (χ0v) is 18.3. The smallest absolute Gasteiger partial charge is 0.258 e. The van der Waals surface area contributed by atoms with Gasteiger partial charge in [0.25, 0.3) is 5.91 Å². The normalized spacial score (nSPS) is 15.5. The molecule has 2 amide bonds. The first kappa shape index (κ1) is 21.3. The van der Waals surface area contributed by atoms with Gasteiger partial charge in [-0.15, -0.1) is 0 Å². The highest BCUT2D eigenvalue weighted by molar-refractivity contribution is 6.01. The van der Waals surface area contributed by atoms with Crippen LogP contribution in [0.1, 0.15) is 46.4 Å².